The zero-order valence-electron chi connectivity index (χ0n) is 18.6. The molecule has 3 aliphatic rings. The number of rotatable bonds is 10. The summed E-state index contributed by atoms with van der Waals surface area (Å²) in [6.45, 7) is 8.66. The molecular formula is C22H36N2O6. The number of aliphatic hydroxyl groups excluding tert-OH is 1. The Hall–Kier alpha value is -1.67. The summed E-state index contributed by atoms with van der Waals surface area (Å²) < 4.78 is 11.8. The number of nitrogens with one attached hydrogen (secondary N) is 1. The maximum absolute atomic E-state index is 13.5. The van der Waals surface area contributed by atoms with Crippen LogP contribution in [0.1, 0.15) is 59.8 Å². The van der Waals surface area contributed by atoms with E-state index < -0.39 is 35.0 Å². The third-order valence-electron chi connectivity index (χ3n) is 7.24. The van der Waals surface area contributed by atoms with E-state index in [0.29, 0.717) is 19.4 Å². The Balaban J connectivity index is 1.95. The largest absolute Gasteiger partial charge is 0.466 e. The molecule has 6 atom stereocenters. The van der Waals surface area contributed by atoms with Gasteiger partial charge in [0.25, 0.3) is 0 Å². The maximum atomic E-state index is 13.5. The van der Waals surface area contributed by atoms with Crippen molar-refractivity contribution in [1.82, 2.24) is 10.2 Å². The fraction of sp³-hybridized carbons (Fsp3) is 0.864. The summed E-state index contributed by atoms with van der Waals surface area (Å²) in [6.07, 6.45) is 3.84. The van der Waals surface area contributed by atoms with E-state index in [1.54, 1.807) is 6.92 Å². The second-order valence-corrected chi connectivity index (χ2v) is 9.06. The normalized spacial score (nSPS) is 36.8. The zero-order valence-corrected chi connectivity index (χ0v) is 18.6. The van der Waals surface area contributed by atoms with Gasteiger partial charge in [-0.3, -0.25) is 14.4 Å². The number of nitrogens with zero attached hydrogens (tertiary/aromatic N) is 1. The van der Waals surface area contributed by atoms with Gasteiger partial charge in [0.1, 0.15) is 17.6 Å². The number of hydrogen-bond donors (Lipinski definition) is 2. The summed E-state index contributed by atoms with van der Waals surface area (Å²) in [6, 6.07) is -0.799. The molecule has 8 heteroatoms. The number of unbranched alkanes of at least 4 members (excludes halogenated alkanes) is 2. The molecule has 0 aromatic heterocycles. The maximum Gasteiger partial charge on any atom is 0.312 e. The van der Waals surface area contributed by atoms with Crippen LogP contribution in [0.4, 0.5) is 0 Å². The van der Waals surface area contributed by atoms with Crippen molar-refractivity contribution in [3.63, 3.8) is 0 Å². The molecule has 2 N–H and O–H groups in total. The van der Waals surface area contributed by atoms with Crippen LogP contribution in [0.5, 0.6) is 0 Å². The Morgan fingerprint density at radius 3 is 2.67 bits per heavy atom. The van der Waals surface area contributed by atoms with E-state index in [-0.39, 0.29) is 37.5 Å². The minimum Gasteiger partial charge on any atom is -0.466 e. The molecular weight excluding hydrogens is 388 g/mol. The van der Waals surface area contributed by atoms with Crippen LogP contribution in [0.3, 0.4) is 0 Å². The summed E-state index contributed by atoms with van der Waals surface area (Å²) in [5, 5.41) is 12.3. The van der Waals surface area contributed by atoms with E-state index in [0.717, 1.165) is 19.3 Å². The lowest BCUT2D eigenvalue weighted by Crippen LogP contribution is -2.55. The first-order valence-electron chi connectivity index (χ1n) is 11.3. The van der Waals surface area contributed by atoms with Crippen molar-refractivity contribution in [2.24, 2.45) is 17.8 Å². The number of fused-ring (bicyclic) bond motifs is 1. The summed E-state index contributed by atoms with van der Waals surface area (Å²) in [4.78, 5) is 41.2. The van der Waals surface area contributed by atoms with E-state index in [2.05, 4.69) is 12.2 Å². The lowest BCUT2D eigenvalue weighted by molar-refractivity contribution is -0.161. The number of carbonyl (C=O) groups excluding carboxylic acids is 3. The van der Waals surface area contributed by atoms with Crippen molar-refractivity contribution in [2.45, 2.75) is 77.0 Å². The van der Waals surface area contributed by atoms with Crippen molar-refractivity contribution < 1.29 is 29.0 Å². The van der Waals surface area contributed by atoms with Crippen molar-refractivity contribution in [1.29, 1.82) is 0 Å². The molecule has 0 saturated carbocycles. The molecule has 2 amide bonds. The summed E-state index contributed by atoms with van der Waals surface area (Å²) in [5.74, 6) is -2.38. The highest BCUT2D eigenvalue weighted by atomic mass is 16.6. The lowest BCUT2D eigenvalue weighted by atomic mass is 9.62. The van der Waals surface area contributed by atoms with Crippen LogP contribution in [0.25, 0.3) is 0 Å². The van der Waals surface area contributed by atoms with Gasteiger partial charge < -0.3 is 24.8 Å². The van der Waals surface area contributed by atoms with E-state index >= 15 is 0 Å². The Morgan fingerprint density at radius 1 is 1.30 bits per heavy atom. The standard InChI is InChI=1S/C22H36N2O6/c1-5-7-8-10-23-18(26)17-22-13-14(3)21(4,30-22)16(20(28)29-6-2)15(22)19(27)24(17)11-9-12-25/h14-17,25H,5-13H2,1-4H3,(H,23,26)/t14?,15-,16+,17?,21-,22?/m0/s1. The number of amides is 2. The smallest absolute Gasteiger partial charge is 0.312 e. The van der Waals surface area contributed by atoms with Gasteiger partial charge in [0.2, 0.25) is 11.8 Å². The molecule has 0 radical (unpaired) electrons. The van der Waals surface area contributed by atoms with Crippen LogP contribution in [-0.2, 0) is 23.9 Å². The number of likely N-dealkylation sites (tertiary alicyclic amines) is 1. The first kappa shape index (κ1) is 23.0. The van der Waals surface area contributed by atoms with Gasteiger partial charge in [-0.05, 0) is 39.0 Å². The molecule has 3 aliphatic heterocycles. The molecule has 3 heterocycles. The monoisotopic (exact) mass is 424 g/mol. The molecule has 30 heavy (non-hydrogen) atoms. The lowest BCUT2D eigenvalue weighted by Gasteiger charge is -2.35. The zero-order chi connectivity index (χ0) is 22.1. The van der Waals surface area contributed by atoms with E-state index in [1.807, 2.05) is 13.8 Å². The van der Waals surface area contributed by atoms with Crippen LogP contribution >= 0.6 is 0 Å². The van der Waals surface area contributed by atoms with Gasteiger partial charge in [0, 0.05) is 19.7 Å². The molecule has 3 rings (SSSR count). The summed E-state index contributed by atoms with van der Waals surface area (Å²) in [5.41, 5.74) is -1.87. The topological polar surface area (TPSA) is 105 Å². The number of hydrogen-bond acceptors (Lipinski definition) is 6. The second-order valence-electron chi connectivity index (χ2n) is 9.06. The Kier molecular flexibility index (Phi) is 6.77. The van der Waals surface area contributed by atoms with Gasteiger partial charge in [-0.25, -0.2) is 0 Å². The molecule has 3 saturated heterocycles. The Bertz CT molecular complexity index is 685. The van der Waals surface area contributed by atoms with Crippen molar-refractivity contribution >= 4 is 17.8 Å². The summed E-state index contributed by atoms with van der Waals surface area (Å²) in [7, 11) is 0. The minimum absolute atomic E-state index is 0.00383. The van der Waals surface area contributed by atoms with Gasteiger partial charge in [-0.15, -0.1) is 0 Å². The number of esters is 1. The van der Waals surface area contributed by atoms with Gasteiger partial charge in [-0.2, -0.15) is 0 Å². The Labute approximate surface area is 178 Å². The van der Waals surface area contributed by atoms with Gasteiger partial charge in [-0.1, -0.05) is 26.7 Å². The molecule has 1 spiro atoms. The van der Waals surface area contributed by atoms with Gasteiger partial charge in [0.05, 0.1) is 18.1 Å². The molecule has 170 valence electrons. The molecule has 0 aromatic carbocycles. The molecule has 3 unspecified atom stereocenters. The second kappa shape index (κ2) is 8.83. The van der Waals surface area contributed by atoms with Crippen LogP contribution in [0.15, 0.2) is 0 Å². The number of ether oxygens (including phenoxy) is 2. The molecule has 8 nitrogen and oxygen atoms in total. The van der Waals surface area contributed by atoms with Crippen LogP contribution < -0.4 is 5.32 Å². The third-order valence-corrected chi connectivity index (χ3v) is 7.24. The van der Waals surface area contributed by atoms with E-state index in [1.165, 1.54) is 4.90 Å². The fourth-order valence-corrected chi connectivity index (χ4v) is 5.79. The van der Waals surface area contributed by atoms with E-state index in [9.17, 15) is 19.5 Å². The fourth-order valence-electron chi connectivity index (χ4n) is 5.79. The highest BCUT2D eigenvalue weighted by Gasteiger charge is 2.80. The average molecular weight is 425 g/mol. The minimum atomic E-state index is -1.03. The SMILES string of the molecule is CCCCCNC(=O)C1N(CCCO)C(=O)[C@@H]2[C@H](C(=O)OCC)[C@@]3(C)OC12CC3C. The predicted octanol–water partition coefficient (Wildman–Crippen LogP) is 1.25. The molecule has 0 aliphatic carbocycles. The average Bonchev–Trinajstić information content (AvgIpc) is 3.21. The highest BCUT2D eigenvalue weighted by molar-refractivity contribution is 5.98. The third kappa shape index (κ3) is 3.42. The van der Waals surface area contributed by atoms with E-state index in [4.69, 9.17) is 9.47 Å². The van der Waals surface area contributed by atoms with Gasteiger partial charge >= 0.3 is 5.97 Å². The number of aliphatic hydroxyl groups is 1. The first-order valence-corrected chi connectivity index (χ1v) is 11.3. The van der Waals surface area contributed by atoms with Crippen molar-refractivity contribution in [3.8, 4) is 0 Å². The van der Waals surface area contributed by atoms with Crippen molar-refractivity contribution in [3.05, 3.63) is 0 Å². The molecule has 3 fully saturated rings. The van der Waals surface area contributed by atoms with Crippen molar-refractivity contribution in [2.75, 3.05) is 26.3 Å². The number of carbonyl (C=O) groups is 3. The molecule has 2 bridgehead atoms. The van der Waals surface area contributed by atoms with Crippen LogP contribution in [-0.4, -0.2) is 71.3 Å². The Morgan fingerprint density at radius 2 is 2.03 bits per heavy atom. The summed E-state index contributed by atoms with van der Waals surface area (Å²) >= 11 is 0. The van der Waals surface area contributed by atoms with Crippen LogP contribution in [0.2, 0.25) is 0 Å². The predicted molar refractivity (Wildman–Crippen MR) is 109 cm³/mol. The quantitative estimate of drug-likeness (QED) is 0.404. The molecule has 0 aromatic rings. The van der Waals surface area contributed by atoms with Gasteiger partial charge in [0.15, 0.2) is 0 Å². The first-order chi connectivity index (χ1) is 14.3. The van der Waals surface area contributed by atoms with Crippen LogP contribution in [0, 0.1) is 17.8 Å². The highest BCUT2D eigenvalue weighted by Crippen LogP contribution is 2.65.